The Bertz CT molecular complexity index is 1460. The maximum atomic E-state index is 14.4. The fraction of sp³-hybridized carbons (Fsp3) is 0.214. The molecule has 0 amide bonds. The number of nitrogens with zero attached hydrogens (tertiary/aromatic N) is 3. The van der Waals surface area contributed by atoms with Crippen molar-refractivity contribution < 1.29 is 19.1 Å². The highest BCUT2D eigenvalue weighted by Crippen LogP contribution is 2.36. The second-order valence-electron chi connectivity index (χ2n) is 8.73. The fourth-order valence-corrected chi connectivity index (χ4v) is 3.97. The lowest BCUT2D eigenvalue weighted by atomic mass is 10.0. The van der Waals surface area contributed by atoms with Crippen molar-refractivity contribution in [2.75, 3.05) is 12.5 Å². The second-order valence-corrected chi connectivity index (χ2v) is 8.73. The number of hydrogen-bond acceptors (Lipinski definition) is 7. The summed E-state index contributed by atoms with van der Waals surface area (Å²) < 4.78 is 26.4. The number of benzene rings is 3. The summed E-state index contributed by atoms with van der Waals surface area (Å²) in [5.41, 5.74) is 6.29. The molecule has 0 bridgehead atoms. The molecule has 7 nitrogen and oxygen atoms in total. The summed E-state index contributed by atoms with van der Waals surface area (Å²) in [7, 11) is 1.34. The molecule has 0 spiro atoms. The smallest absolute Gasteiger partial charge is 0.179 e. The van der Waals surface area contributed by atoms with Gasteiger partial charge in [0, 0.05) is 18.5 Å². The number of anilines is 1. The standard InChI is InChI=1S/C28H25FN4O3/c1-3-17-13-24(14-21(16-30)27(17)36-23-9-10-23)35-22-7-4-18(5-8-22)19-6-11-26-20(12-19)15-25(29)28(31-26)32-33(2)34/h4-8,11-15,23,34H,3,9-10H2,1-2H3,(H,31,32). The van der Waals surface area contributed by atoms with E-state index in [0.29, 0.717) is 38.9 Å². The molecule has 0 unspecified atom stereocenters. The Hall–Kier alpha value is -4.19. The highest BCUT2D eigenvalue weighted by molar-refractivity contribution is 5.85. The lowest BCUT2D eigenvalue weighted by Gasteiger charge is -2.14. The maximum absolute atomic E-state index is 14.4. The number of hydroxylamine groups is 1. The van der Waals surface area contributed by atoms with Crippen molar-refractivity contribution in [3.05, 3.63) is 77.6 Å². The molecule has 4 aromatic rings. The number of aryl methyl sites for hydroxylation is 1. The lowest BCUT2D eigenvalue weighted by Crippen LogP contribution is -2.22. The molecule has 36 heavy (non-hydrogen) atoms. The molecule has 0 saturated heterocycles. The van der Waals surface area contributed by atoms with Crippen molar-refractivity contribution in [2.24, 2.45) is 0 Å². The van der Waals surface area contributed by atoms with Gasteiger partial charge in [0.05, 0.1) is 17.2 Å². The minimum absolute atomic E-state index is 0.0559. The Morgan fingerprint density at radius 3 is 2.50 bits per heavy atom. The summed E-state index contributed by atoms with van der Waals surface area (Å²) >= 11 is 0. The average molecular weight is 485 g/mol. The molecule has 5 rings (SSSR count). The number of pyridine rings is 1. The number of hydrogen-bond donors (Lipinski definition) is 2. The van der Waals surface area contributed by atoms with E-state index in [2.05, 4.69) is 16.5 Å². The van der Waals surface area contributed by atoms with Gasteiger partial charge in [-0.1, -0.05) is 25.1 Å². The van der Waals surface area contributed by atoms with E-state index in [0.717, 1.165) is 36.0 Å². The van der Waals surface area contributed by atoms with E-state index in [1.165, 1.54) is 13.1 Å². The van der Waals surface area contributed by atoms with E-state index < -0.39 is 5.82 Å². The fourth-order valence-electron chi connectivity index (χ4n) is 3.97. The Kier molecular flexibility index (Phi) is 6.42. The Labute approximate surface area is 208 Å². The highest BCUT2D eigenvalue weighted by atomic mass is 19.1. The topological polar surface area (TPSA) is 90.6 Å². The molecular formula is C28H25FN4O3. The molecule has 0 aliphatic heterocycles. The predicted molar refractivity (Wildman–Crippen MR) is 135 cm³/mol. The van der Waals surface area contributed by atoms with E-state index >= 15 is 0 Å². The molecule has 0 radical (unpaired) electrons. The summed E-state index contributed by atoms with van der Waals surface area (Å²) in [4.78, 5) is 4.22. The van der Waals surface area contributed by atoms with E-state index in [9.17, 15) is 14.9 Å². The number of rotatable bonds is 8. The van der Waals surface area contributed by atoms with E-state index in [1.807, 2.05) is 49.4 Å². The molecule has 2 N–H and O–H groups in total. The van der Waals surface area contributed by atoms with Gasteiger partial charge in [0.1, 0.15) is 23.3 Å². The van der Waals surface area contributed by atoms with Crippen LogP contribution in [0.1, 0.15) is 30.9 Å². The highest BCUT2D eigenvalue weighted by Gasteiger charge is 2.26. The van der Waals surface area contributed by atoms with Crippen LogP contribution in [0, 0.1) is 17.1 Å². The monoisotopic (exact) mass is 484 g/mol. The summed E-state index contributed by atoms with van der Waals surface area (Å²) in [6.45, 7) is 2.03. The van der Waals surface area contributed by atoms with Gasteiger partial charge < -0.3 is 9.47 Å². The largest absolute Gasteiger partial charge is 0.489 e. The molecule has 8 heteroatoms. The SMILES string of the molecule is CCc1cc(Oc2ccc(-c3ccc4nc(NN(C)O)c(F)cc4c3)cc2)cc(C#N)c1OC1CC1. The number of nitriles is 1. The number of ether oxygens (including phenoxy) is 2. The van der Waals surface area contributed by atoms with Gasteiger partial charge in [-0.2, -0.15) is 5.26 Å². The van der Waals surface area contributed by atoms with Crippen molar-refractivity contribution in [1.29, 1.82) is 5.26 Å². The average Bonchev–Trinajstić information content (AvgIpc) is 3.69. The van der Waals surface area contributed by atoms with Crippen molar-refractivity contribution in [2.45, 2.75) is 32.3 Å². The number of halogens is 1. The predicted octanol–water partition coefficient (Wildman–Crippen LogP) is 6.46. The zero-order chi connectivity index (χ0) is 25.2. The first-order chi connectivity index (χ1) is 17.4. The molecular weight excluding hydrogens is 459 g/mol. The van der Waals surface area contributed by atoms with Gasteiger partial charge in [-0.25, -0.2) is 9.37 Å². The van der Waals surface area contributed by atoms with Gasteiger partial charge in [-0.15, -0.1) is 5.17 Å². The number of hydrazine groups is 1. The van der Waals surface area contributed by atoms with Crippen LogP contribution >= 0.6 is 0 Å². The van der Waals surface area contributed by atoms with Gasteiger partial charge in [0.25, 0.3) is 0 Å². The summed E-state index contributed by atoms with van der Waals surface area (Å²) in [5, 5.41) is 20.2. The van der Waals surface area contributed by atoms with Crippen LogP contribution in [0.5, 0.6) is 17.2 Å². The van der Waals surface area contributed by atoms with Crippen LogP contribution in [0.25, 0.3) is 22.0 Å². The Balaban J connectivity index is 1.37. The normalized spacial score (nSPS) is 13.0. The van der Waals surface area contributed by atoms with Crippen LogP contribution in [0.4, 0.5) is 10.2 Å². The van der Waals surface area contributed by atoms with Crippen LogP contribution in [0.3, 0.4) is 0 Å². The molecule has 182 valence electrons. The Morgan fingerprint density at radius 2 is 1.83 bits per heavy atom. The van der Waals surface area contributed by atoms with Gasteiger partial charge in [-0.05, 0) is 72.4 Å². The zero-order valence-corrected chi connectivity index (χ0v) is 20.0. The van der Waals surface area contributed by atoms with Crippen LogP contribution in [-0.2, 0) is 6.42 Å². The van der Waals surface area contributed by atoms with E-state index in [1.54, 1.807) is 12.1 Å². The molecule has 1 aliphatic carbocycles. The summed E-state index contributed by atoms with van der Waals surface area (Å²) in [6.07, 6.45) is 3.00. The van der Waals surface area contributed by atoms with Gasteiger partial charge in [0.15, 0.2) is 11.6 Å². The maximum Gasteiger partial charge on any atom is 0.179 e. The van der Waals surface area contributed by atoms with E-state index in [-0.39, 0.29) is 11.9 Å². The Morgan fingerprint density at radius 1 is 1.08 bits per heavy atom. The van der Waals surface area contributed by atoms with E-state index in [4.69, 9.17) is 9.47 Å². The van der Waals surface area contributed by atoms with Crippen molar-refractivity contribution >= 4 is 16.7 Å². The third-order valence-corrected chi connectivity index (χ3v) is 5.91. The molecule has 3 aromatic carbocycles. The minimum atomic E-state index is -0.568. The van der Waals surface area contributed by atoms with Crippen molar-refractivity contribution in [1.82, 2.24) is 10.2 Å². The van der Waals surface area contributed by atoms with Crippen molar-refractivity contribution in [3.63, 3.8) is 0 Å². The van der Waals surface area contributed by atoms with Gasteiger partial charge in [0.2, 0.25) is 0 Å². The summed E-state index contributed by atoms with van der Waals surface area (Å²) in [5.74, 6) is 1.27. The molecule has 1 aliphatic rings. The molecule has 1 fully saturated rings. The third-order valence-electron chi connectivity index (χ3n) is 5.91. The first-order valence-corrected chi connectivity index (χ1v) is 11.7. The number of aromatic nitrogens is 1. The van der Waals surface area contributed by atoms with Gasteiger partial charge in [-0.3, -0.25) is 10.6 Å². The minimum Gasteiger partial charge on any atom is -0.489 e. The molecule has 1 heterocycles. The molecule has 1 aromatic heterocycles. The number of nitrogens with one attached hydrogen (secondary N) is 1. The van der Waals surface area contributed by atoms with Crippen LogP contribution in [0.2, 0.25) is 0 Å². The quantitative estimate of drug-likeness (QED) is 0.278. The van der Waals surface area contributed by atoms with Crippen LogP contribution in [-0.4, -0.2) is 28.5 Å². The first kappa shape index (κ1) is 23.5. The zero-order valence-electron chi connectivity index (χ0n) is 20.0. The van der Waals surface area contributed by atoms with Crippen molar-refractivity contribution in [3.8, 4) is 34.4 Å². The van der Waals surface area contributed by atoms with Gasteiger partial charge >= 0.3 is 0 Å². The van der Waals surface area contributed by atoms with Crippen LogP contribution in [0.15, 0.2) is 60.7 Å². The first-order valence-electron chi connectivity index (χ1n) is 11.7. The molecule has 0 atom stereocenters. The second kappa shape index (κ2) is 9.82. The third kappa shape index (κ3) is 5.08. The lowest BCUT2D eigenvalue weighted by molar-refractivity contribution is -0.0393. The van der Waals surface area contributed by atoms with Crippen LogP contribution < -0.4 is 14.9 Å². The molecule has 1 saturated carbocycles. The number of fused-ring (bicyclic) bond motifs is 1. The summed E-state index contributed by atoms with van der Waals surface area (Å²) in [6, 6.07) is 20.4.